The molecule has 0 aliphatic rings. The number of carboxylic acids is 1. The number of halogens is 2. The van der Waals surface area contributed by atoms with Gasteiger partial charge in [-0.15, -0.1) is 0 Å². The Morgan fingerprint density at radius 2 is 2.00 bits per heavy atom. The maximum Gasteiger partial charge on any atom is 0.328 e. The van der Waals surface area contributed by atoms with Gasteiger partial charge < -0.3 is 15.5 Å². The van der Waals surface area contributed by atoms with E-state index in [1.807, 2.05) is 0 Å². The van der Waals surface area contributed by atoms with Gasteiger partial charge in [0.15, 0.2) is 6.04 Å². The number of amides is 1. The second-order valence-corrected chi connectivity index (χ2v) is 3.56. The van der Waals surface area contributed by atoms with Crippen molar-refractivity contribution in [2.24, 2.45) is 0 Å². The van der Waals surface area contributed by atoms with E-state index in [1.54, 1.807) is 5.32 Å². The molecule has 0 unspecified atom stereocenters. The van der Waals surface area contributed by atoms with Crippen LogP contribution in [0.4, 0.5) is 14.5 Å². The molecule has 0 bridgehead atoms. The summed E-state index contributed by atoms with van der Waals surface area (Å²) >= 11 is 0. The fraction of sp³-hybridized carbons (Fsp3) is 0.200. The van der Waals surface area contributed by atoms with Crippen molar-refractivity contribution in [1.29, 1.82) is 0 Å². The Morgan fingerprint density at radius 1 is 1.40 bits per heavy atom. The lowest BCUT2D eigenvalue weighted by atomic mass is 10.1. The Hall–Kier alpha value is -2.62. The number of aliphatic hydroxyl groups excluding tert-OH is 1. The van der Waals surface area contributed by atoms with Crippen molar-refractivity contribution in [1.82, 2.24) is 5.32 Å². The molecule has 0 heterocycles. The fourth-order valence-electron chi connectivity index (χ4n) is 1.31. The largest absolute Gasteiger partial charge is 0.480 e. The first-order valence-electron chi connectivity index (χ1n) is 5.06. The topological polar surface area (TPSA) is 130 Å². The fourth-order valence-corrected chi connectivity index (χ4v) is 1.31. The minimum Gasteiger partial charge on any atom is -0.480 e. The first-order chi connectivity index (χ1) is 9.29. The minimum atomic E-state index is -1.79. The van der Waals surface area contributed by atoms with Gasteiger partial charge in [-0.25, -0.2) is 9.18 Å². The number of hydrogen-bond acceptors (Lipinski definition) is 5. The highest BCUT2D eigenvalue weighted by atomic mass is 19.1. The average Bonchev–Trinajstić information content (AvgIpc) is 2.35. The number of aliphatic carboxylic acids is 1. The number of carbonyl (C=O) groups excluding carboxylic acids is 1. The van der Waals surface area contributed by atoms with Crippen LogP contribution in [0, 0.1) is 21.7 Å². The molecule has 1 aromatic rings. The molecule has 1 rings (SSSR count). The van der Waals surface area contributed by atoms with Crippen molar-refractivity contribution >= 4 is 17.6 Å². The normalized spacial score (nSPS) is 11.8. The zero-order valence-electron chi connectivity index (χ0n) is 9.67. The third-order valence-corrected chi connectivity index (χ3v) is 2.28. The molecule has 8 nitrogen and oxygen atoms in total. The van der Waals surface area contributed by atoms with E-state index in [1.165, 1.54) is 0 Å². The lowest BCUT2D eigenvalue weighted by Crippen LogP contribution is -2.43. The molecule has 0 fully saturated rings. The number of nitro benzene ring substituents is 1. The van der Waals surface area contributed by atoms with E-state index in [4.69, 9.17) is 10.2 Å². The number of aliphatic hydroxyl groups is 1. The highest BCUT2D eigenvalue weighted by molar-refractivity contribution is 5.97. The molecule has 1 amide bonds. The summed E-state index contributed by atoms with van der Waals surface area (Å²) in [5, 5.41) is 29.4. The predicted octanol–water partition coefficient (Wildman–Crippen LogP) is 0.0483. The van der Waals surface area contributed by atoms with E-state index < -0.39 is 52.3 Å². The van der Waals surface area contributed by atoms with E-state index in [9.17, 15) is 28.5 Å². The van der Waals surface area contributed by atoms with Crippen LogP contribution in [0.3, 0.4) is 0 Å². The summed E-state index contributed by atoms with van der Waals surface area (Å²) < 4.78 is 27.0. The molecule has 0 saturated carbocycles. The molecular formula is C10H8F2N2O6. The van der Waals surface area contributed by atoms with Crippen LogP contribution >= 0.6 is 0 Å². The summed E-state index contributed by atoms with van der Waals surface area (Å²) in [6.45, 7) is -1.01. The number of nitrogens with one attached hydrogen (secondary N) is 1. The van der Waals surface area contributed by atoms with Crippen LogP contribution in [-0.4, -0.2) is 39.7 Å². The molecular weight excluding hydrogens is 282 g/mol. The smallest absolute Gasteiger partial charge is 0.328 e. The van der Waals surface area contributed by atoms with E-state index in [0.29, 0.717) is 12.1 Å². The summed E-state index contributed by atoms with van der Waals surface area (Å²) in [5.41, 5.74) is -2.42. The molecule has 0 aromatic heterocycles. The maximum atomic E-state index is 13.6. The van der Waals surface area contributed by atoms with Crippen LogP contribution in [0.15, 0.2) is 12.1 Å². The van der Waals surface area contributed by atoms with Gasteiger partial charge in [0.05, 0.1) is 11.5 Å². The first-order valence-corrected chi connectivity index (χ1v) is 5.06. The van der Waals surface area contributed by atoms with Crippen LogP contribution in [0.1, 0.15) is 10.4 Å². The van der Waals surface area contributed by atoms with Gasteiger partial charge in [0, 0.05) is 6.07 Å². The molecule has 0 aliphatic carbocycles. The average molecular weight is 290 g/mol. The standard InChI is InChI=1S/C10H8F2N2O6/c11-4-1-2-6(14(19)20)8(12)7(4)9(16)13-5(3-15)10(17)18/h1-2,5,15H,3H2,(H,13,16)(H,17,18)/t5-/m1/s1. The van der Waals surface area contributed by atoms with Crippen LogP contribution in [0.25, 0.3) is 0 Å². The Labute approximate surface area is 109 Å². The minimum absolute atomic E-state index is 0.505. The Balaban J connectivity index is 3.19. The summed E-state index contributed by atoms with van der Waals surface area (Å²) in [7, 11) is 0. The van der Waals surface area contributed by atoms with E-state index in [0.717, 1.165) is 0 Å². The van der Waals surface area contributed by atoms with Gasteiger partial charge in [-0.3, -0.25) is 14.9 Å². The highest BCUT2D eigenvalue weighted by Gasteiger charge is 2.28. The molecule has 0 radical (unpaired) electrons. The lowest BCUT2D eigenvalue weighted by Gasteiger charge is -2.12. The molecule has 1 aromatic carbocycles. The van der Waals surface area contributed by atoms with Crippen LogP contribution < -0.4 is 5.32 Å². The van der Waals surface area contributed by atoms with E-state index >= 15 is 0 Å². The van der Waals surface area contributed by atoms with Gasteiger partial charge in [0.2, 0.25) is 5.82 Å². The van der Waals surface area contributed by atoms with Crippen LogP contribution in [-0.2, 0) is 4.79 Å². The molecule has 20 heavy (non-hydrogen) atoms. The summed E-state index contributed by atoms with van der Waals surface area (Å²) in [6, 6.07) is -0.756. The van der Waals surface area contributed by atoms with Gasteiger partial charge in [-0.2, -0.15) is 4.39 Å². The van der Waals surface area contributed by atoms with Crippen LogP contribution in [0.2, 0.25) is 0 Å². The molecule has 1 atom stereocenters. The SMILES string of the molecule is O=C(N[C@H](CO)C(=O)O)c1c(F)ccc([N+](=O)[O-])c1F. The number of hydrogen-bond donors (Lipinski definition) is 3. The van der Waals surface area contributed by atoms with Crippen molar-refractivity contribution in [2.75, 3.05) is 6.61 Å². The van der Waals surface area contributed by atoms with Gasteiger partial charge in [0.25, 0.3) is 5.91 Å². The third kappa shape index (κ3) is 3.03. The number of carboxylic acid groups (broad SMARTS) is 1. The Kier molecular flexibility index (Phi) is 4.64. The molecule has 0 saturated heterocycles. The number of nitro groups is 1. The predicted molar refractivity (Wildman–Crippen MR) is 59.0 cm³/mol. The van der Waals surface area contributed by atoms with Crippen molar-refractivity contribution in [3.8, 4) is 0 Å². The number of benzene rings is 1. The second kappa shape index (κ2) is 6.02. The quantitative estimate of drug-likeness (QED) is 0.519. The molecule has 108 valence electrons. The van der Waals surface area contributed by atoms with Crippen molar-refractivity contribution in [3.63, 3.8) is 0 Å². The Morgan fingerprint density at radius 3 is 2.45 bits per heavy atom. The molecule has 0 spiro atoms. The monoisotopic (exact) mass is 290 g/mol. The van der Waals surface area contributed by atoms with E-state index in [2.05, 4.69) is 0 Å². The number of nitrogens with zero attached hydrogens (tertiary/aromatic N) is 1. The summed E-state index contributed by atoms with van der Waals surface area (Å²) in [6.07, 6.45) is 0. The van der Waals surface area contributed by atoms with Gasteiger partial charge >= 0.3 is 11.7 Å². The first kappa shape index (κ1) is 15.4. The number of rotatable bonds is 5. The highest BCUT2D eigenvalue weighted by Crippen LogP contribution is 2.23. The van der Waals surface area contributed by atoms with E-state index in [-0.39, 0.29) is 0 Å². The van der Waals surface area contributed by atoms with Gasteiger partial charge in [0.1, 0.15) is 11.4 Å². The number of carbonyl (C=O) groups is 2. The van der Waals surface area contributed by atoms with Crippen LogP contribution in [0.5, 0.6) is 0 Å². The van der Waals surface area contributed by atoms with Gasteiger partial charge in [-0.05, 0) is 6.07 Å². The molecule has 10 heteroatoms. The summed E-state index contributed by atoms with van der Waals surface area (Å²) in [4.78, 5) is 31.4. The van der Waals surface area contributed by atoms with Gasteiger partial charge in [-0.1, -0.05) is 0 Å². The third-order valence-electron chi connectivity index (χ3n) is 2.28. The zero-order chi connectivity index (χ0) is 15.4. The Bertz CT molecular complexity index is 577. The van der Waals surface area contributed by atoms with Crippen molar-refractivity contribution in [3.05, 3.63) is 39.4 Å². The van der Waals surface area contributed by atoms with Crippen molar-refractivity contribution in [2.45, 2.75) is 6.04 Å². The molecule has 3 N–H and O–H groups in total. The second-order valence-electron chi connectivity index (χ2n) is 3.56. The lowest BCUT2D eigenvalue weighted by molar-refractivity contribution is -0.387. The maximum absolute atomic E-state index is 13.6. The zero-order valence-corrected chi connectivity index (χ0v) is 9.67. The molecule has 0 aliphatic heterocycles. The summed E-state index contributed by atoms with van der Waals surface area (Å²) in [5.74, 6) is -6.28. The van der Waals surface area contributed by atoms with Crippen molar-refractivity contribution < 1.29 is 33.5 Å².